The van der Waals surface area contributed by atoms with Crippen LogP contribution >= 0.6 is 11.8 Å². The first kappa shape index (κ1) is 13.3. The number of rotatable bonds is 2. The Kier molecular flexibility index (Phi) is 4.40. The molecule has 17 heavy (non-hydrogen) atoms. The fourth-order valence-electron chi connectivity index (χ4n) is 2.71. The molecule has 2 fully saturated rings. The van der Waals surface area contributed by atoms with E-state index in [0.717, 1.165) is 5.92 Å². The molecule has 0 amide bonds. The average Bonchev–Trinajstić information content (AvgIpc) is 2.29. The maximum absolute atomic E-state index is 4.93. The van der Waals surface area contributed by atoms with Gasteiger partial charge in [-0.3, -0.25) is 4.99 Å². The average molecular weight is 254 g/mol. The maximum Gasteiger partial charge on any atom is 0.157 e. The third kappa shape index (κ3) is 3.90. The molecule has 2 rings (SSSR count). The van der Waals surface area contributed by atoms with E-state index in [0.29, 0.717) is 6.04 Å². The zero-order valence-corrected chi connectivity index (χ0v) is 12.3. The fourth-order valence-corrected chi connectivity index (χ4v) is 4.09. The molecule has 1 N–H and O–H groups in total. The lowest BCUT2D eigenvalue weighted by Crippen LogP contribution is -2.46. The molecule has 0 aromatic heterocycles. The van der Waals surface area contributed by atoms with Gasteiger partial charge in [0.1, 0.15) is 0 Å². The molecular weight excluding hydrogens is 228 g/mol. The van der Waals surface area contributed by atoms with Crippen LogP contribution in [-0.2, 0) is 0 Å². The summed E-state index contributed by atoms with van der Waals surface area (Å²) < 4.78 is 0. The van der Waals surface area contributed by atoms with E-state index in [4.69, 9.17) is 4.99 Å². The van der Waals surface area contributed by atoms with Crippen LogP contribution in [-0.4, -0.2) is 22.5 Å². The number of thioether (sulfide) groups is 1. The van der Waals surface area contributed by atoms with Crippen molar-refractivity contribution in [2.75, 3.05) is 5.75 Å². The number of nitrogens with zero attached hydrogens (tertiary/aromatic N) is 1. The van der Waals surface area contributed by atoms with Gasteiger partial charge in [0.2, 0.25) is 0 Å². The van der Waals surface area contributed by atoms with Crippen LogP contribution in [0.1, 0.15) is 59.3 Å². The van der Waals surface area contributed by atoms with Gasteiger partial charge in [-0.25, -0.2) is 0 Å². The minimum absolute atomic E-state index is 0.241. The fraction of sp³-hybridized carbons (Fsp3) is 0.929. The van der Waals surface area contributed by atoms with E-state index >= 15 is 0 Å². The summed E-state index contributed by atoms with van der Waals surface area (Å²) in [5.74, 6) is 2.18. The van der Waals surface area contributed by atoms with Gasteiger partial charge in [0, 0.05) is 11.3 Å². The van der Waals surface area contributed by atoms with E-state index in [-0.39, 0.29) is 5.54 Å². The highest BCUT2D eigenvalue weighted by molar-refractivity contribution is 8.13. The summed E-state index contributed by atoms with van der Waals surface area (Å²) in [6, 6.07) is 0.585. The van der Waals surface area contributed by atoms with Crippen LogP contribution in [0.25, 0.3) is 0 Å². The van der Waals surface area contributed by atoms with Crippen LogP contribution in [0.5, 0.6) is 0 Å². The molecule has 0 atom stereocenters. The van der Waals surface area contributed by atoms with Gasteiger partial charge in [-0.2, -0.15) is 0 Å². The van der Waals surface area contributed by atoms with E-state index < -0.39 is 0 Å². The van der Waals surface area contributed by atoms with Crippen molar-refractivity contribution in [1.29, 1.82) is 0 Å². The van der Waals surface area contributed by atoms with Crippen molar-refractivity contribution in [2.45, 2.75) is 70.9 Å². The lowest BCUT2D eigenvalue weighted by atomic mass is 9.85. The Bertz CT molecular complexity index is 278. The van der Waals surface area contributed by atoms with Crippen molar-refractivity contribution in [2.24, 2.45) is 10.9 Å². The summed E-state index contributed by atoms with van der Waals surface area (Å²) in [5, 5.41) is 4.77. The predicted molar refractivity (Wildman–Crippen MR) is 77.8 cm³/mol. The predicted octanol–water partition coefficient (Wildman–Crippen LogP) is 3.82. The van der Waals surface area contributed by atoms with Gasteiger partial charge >= 0.3 is 0 Å². The van der Waals surface area contributed by atoms with Gasteiger partial charge in [-0.1, -0.05) is 25.1 Å². The molecule has 1 saturated heterocycles. The van der Waals surface area contributed by atoms with Gasteiger partial charge in [0.25, 0.3) is 0 Å². The van der Waals surface area contributed by atoms with E-state index in [1.807, 2.05) is 11.8 Å². The molecule has 0 unspecified atom stereocenters. The molecule has 1 heterocycles. The number of hydrogen-bond acceptors (Lipinski definition) is 2. The highest BCUT2D eigenvalue weighted by Crippen LogP contribution is 2.29. The molecule has 0 bridgehead atoms. The highest BCUT2D eigenvalue weighted by Gasteiger charge is 2.26. The molecular formula is C14H26N2S. The van der Waals surface area contributed by atoms with Crippen LogP contribution in [0.4, 0.5) is 0 Å². The van der Waals surface area contributed by atoms with Gasteiger partial charge in [0.05, 0.1) is 6.04 Å². The van der Waals surface area contributed by atoms with Crippen molar-refractivity contribution in [3.05, 3.63) is 0 Å². The number of nitrogens with one attached hydrogen (secondary N) is 1. The number of hydrogen-bond donors (Lipinski definition) is 1. The van der Waals surface area contributed by atoms with Gasteiger partial charge < -0.3 is 5.32 Å². The summed E-state index contributed by atoms with van der Waals surface area (Å²) >= 11 is 1.90. The van der Waals surface area contributed by atoms with Crippen LogP contribution < -0.4 is 5.32 Å². The molecule has 98 valence electrons. The maximum atomic E-state index is 4.93. The first-order valence-corrected chi connectivity index (χ1v) is 8.06. The minimum Gasteiger partial charge on any atom is -0.360 e. The molecule has 2 aliphatic rings. The zero-order valence-electron chi connectivity index (χ0n) is 11.5. The Morgan fingerprint density at radius 1 is 1.29 bits per heavy atom. The van der Waals surface area contributed by atoms with Crippen LogP contribution in [0.3, 0.4) is 0 Å². The lowest BCUT2D eigenvalue weighted by molar-refractivity contribution is 0.319. The molecule has 0 aromatic rings. The third-order valence-corrected chi connectivity index (χ3v) is 4.99. The van der Waals surface area contributed by atoms with Gasteiger partial charge in [-0.15, -0.1) is 0 Å². The second-order valence-corrected chi connectivity index (χ2v) is 7.21. The van der Waals surface area contributed by atoms with Crippen LogP contribution in [0.2, 0.25) is 0 Å². The van der Waals surface area contributed by atoms with E-state index in [1.54, 1.807) is 0 Å². The molecule has 0 spiro atoms. The summed E-state index contributed by atoms with van der Waals surface area (Å²) in [4.78, 5) is 4.93. The van der Waals surface area contributed by atoms with Gasteiger partial charge in [0.15, 0.2) is 5.17 Å². The zero-order chi connectivity index (χ0) is 12.3. The standard InChI is InChI=1S/C14H26N2S/c1-4-11-5-7-12(8-6-11)15-13-16-14(2,3)9-10-17-13/h11-12H,4-10H2,1-3H3,(H,15,16). The summed E-state index contributed by atoms with van der Waals surface area (Å²) in [7, 11) is 0. The molecule has 1 aliphatic heterocycles. The Labute approximate surface area is 110 Å². The molecule has 0 radical (unpaired) electrons. The molecule has 1 saturated carbocycles. The van der Waals surface area contributed by atoms with E-state index in [9.17, 15) is 0 Å². The van der Waals surface area contributed by atoms with Crippen LogP contribution in [0.15, 0.2) is 4.99 Å². The van der Waals surface area contributed by atoms with Crippen LogP contribution in [0, 0.1) is 5.92 Å². The van der Waals surface area contributed by atoms with Crippen molar-refractivity contribution in [3.63, 3.8) is 0 Å². The van der Waals surface area contributed by atoms with Gasteiger partial charge in [-0.05, 0) is 51.9 Å². The third-order valence-electron chi connectivity index (χ3n) is 4.10. The Morgan fingerprint density at radius 2 is 2.00 bits per heavy atom. The monoisotopic (exact) mass is 254 g/mol. The normalized spacial score (nSPS) is 35.6. The van der Waals surface area contributed by atoms with E-state index in [1.165, 1.54) is 49.4 Å². The second-order valence-electron chi connectivity index (χ2n) is 6.12. The molecule has 2 nitrogen and oxygen atoms in total. The Hall–Kier alpha value is -0.180. The number of amidine groups is 1. The largest absolute Gasteiger partial charge is 0.360 e. The highest BCUT2D eigenvalue weighted by atomic mass is 32.2. The van der Waals surface area contributed by atoms with Crippen molar-refractivity contribution < 1.29 is 0 Å². The molecule has 0 aromatic carbocycles. The Morgan fingerprint density at radius 3 is 2.59 bits per heavy atom. The first-order valence-electron chi connectivity index (χ1n) is 7.08. The second kappa shape index (κ2) is 5.64. The number of aliphatic imine (C=N–C) groups is 1. The summed E-state index contributed by atoms with van der Waals surface area (Å²) in [5.41, 5.74) is 0.241. The SMILES string of the molecule is CCC1CCC(N=C2NC(C)(C)CCS2)CC1. The first-order chi connectivity index (χ1) is 8.09. The quantitative estimate of drug-likeness (QED) is 0.810. The smallest absolute Gasteiger partial charge is 0.157 e. The van der Waals surface area contributed by atoms with Crippen molar-refractivity contribution >= 4 is 16.9 Å². The topological polar surface area (TPSA) is 24.4 Å². The van der Waals surface area contributed by atoms with E-state index in [2.05, 4.69) is 26.1 Å². The lowest BCUT2D eigenvalue weighted by Gasteiger charge is -2.33. The summed E-state index contributed by atoms with van der Waals surface area (Å²) in [6.07, 6.45) is 7.94. The van der Waals surface area contributed by atoms with Crippen molar-refractivity contribution in [3.8, 4) is 0 Å². The molecule has 3 heteroatoms. The summed E-state index contributed by atoms with van der Waals surface area (Å²) in [6.45, 7) is 6.87. The minimum atomic E-state index is 0.241. The molecule has 1 aliphatic carbocycles. The Balaban J connectivity index is 1.87. The van der Waals surface area contributed by atoms with Crippen molar-refractivity contribution in [1.82, 2.24) is 5.32 Å².